The van der Waals surface area contributed by atoms with E-state index in [-0.39, 0.29) is 51.9 Å². The lowest BCUT2D eigenvalue weighted by atomic mass is 9.85. The third-order valence-electron chi connectivity index (χ3n) is 4.85. The molecule has 0 spiro atoms. The average Bonchev–Trinajstić information content (AvgIpc) is 3.14. The van der Waals surface area contributed by atoms with Crippen molar-refractivity contribution in [2.45, 2.75) is 6.42 Å². The number of hydrogen-bond donors (Lipinski definition) is 0. The first-order valence-corrected chi connectivity index (χ1v) is 7.37. The van der Waals surface area contributed by atoms with E-state index >= 15 is 0 Å². The molecule has 2 bridgehead atoms. The molecule has 2 fully saturated rings. The number of anilines is 1. The summed E-state index contributed by atoms with van der Waals surface area (Å²) in [4.78, 5) is 36.7. The quantitative estimate of drug-likeness (QED) is 0.363. The van der Waals surface area contributed by atoms with Crippen molar-refractivity contribution in [2.24, 2.45) is 23.7 Å². The van der Waals surface area contributed by atoms with Gasteiger partial charge < -0.3 is 0 Å². The van der Waals surface area contributed by atoms with Crippen LogP contribution in [0.2, 0.25) is 5.02 Å². The Kier molecular flexibility index (Phi) is 2.69. The van der Waals surface area contributed by atoms with Gasteiger partial charge in [0.15, 0.2) is 0 Å². The molecule has 4 rings (SSSR count). The van der Waals surface area contributed by atoms with Crippen LogP contribution in [0.4, 0.5) is 11.4 Å². The molecule has 2 amide bonds. The highest BCUT2D eigenvalue weighted by molar-refractivity contribution is 6.36. The summed E-state index contributed by atoms with van der Waals surface area (Å²) in [7, 11) is 0. The molecule has 4 unspecified atom stereocenters. The molecule has 1 aromatic rings. The maximum Gasteiger partial charge on any atom is 0.271 e. The number of nitrogens with zero attached hydrogens (tertiary/aromatic N) is 2. The Labute approximate surface area is 130 Å². The molecule has 1 saturated heterocycles. The van der Waals surface area contributed by atoms with E-state index in [1.807, 2.05) is 12.2 Å². The molecule has 3 aliphatic rings. The van der Waals surface area contributed by atoms with Gasteiger partial charge in [0.2, 0.25) is 11.8 Å². The smallest absolute Gasteiger partial charge is 0.271 e. The van der Waals surface area contributed by atoms with Crippen LogP contribution >= 0.6 is 11.6 Å². The largest absolute Gasteiger partial charge is 0.274 e. The van der Waals surface area contributed by atoms with E-state index in [4.69, 9.17) is 11.6 Å². The summed E-state index contributed by atoms with van der Waals surface area (Å²) >= 11 is 6.07. The predicted octanol–water partition coefficient (Wildman–Crippen LogP) is 2.56. The van der Waals surface area contributed by atoms with Crippen molar-refractivity contribution in [2.75, 3.05) is 4.90 Å². The number of carbonyl (C=O) groups excluding carboxylic acids is 2. The van der Waals surface area contributed by atoms with E-state index < -0.39 is 4.92 Å². The number of non-ortho nitro benzene ring substituents is 1. The van der Waals surface area contributed by atoms with E-state index in [1.165, 1.54) is 18.2 Å². The molecule has 1 aromatic carbocycles. The number of nitro groups is 1. The number of hydrogen-bond acceptors (Lipinski definition) is 4. The van der Waals surface area contributed by atoms with E-state index in [2.05, 4.69) is 0 Å². The maximum atomic E-state index is 12.7. The zero-order valence-corrected chi connectivity index (χ0v) is 12.1. The van der Waals surface area contributed by atoms with Gasteiger partial charge in [0, 0.05) is 12.1 Å². The summed E-state index contributed by atoms with van der Waals surface area (Å²) < 4.78 is 0. The Balaban J connectivity index is 1.79. The van der Waals surface area contributed by atoms with Crippen molar-refractivity contribution in [3.8, 4) is 0 Å². The van der Waals surface area contributed by atoms with Gasteiger partial charge in [-0.25, -0.2) is 4.90 Å². The topological polar surface area (TPSA) is 80.5 Å². The van der Waals surface area contributed by atoms with Crippen LogP contribution in [0.1, 0.15) is 6.42 Å². The van der Waals surface area contributed by atoms with Crippen LogP contribution in [0.5, 0.6) is 0 Å². The van der Waals surface area contributed by atoms with Crippen LogP contribution in [0.15, 0.2) is 30.4 Å². The Morgan fingerprint density at radius 2 is 1.73 bits per heavy atom. The highest BCUT2D eigenvalue weighted by atomic mass is 35.5. The molecule has 0 N–H and O–H groups in total. The zero-order chi connectivity index (χ0) is 15.6. The fraction of sp³-hybridized carbons (Fsp3) is 0.333. The monoisotopic (exact) mass is 318 g/mol. The SMILES string of the molecule is O=C1C2C3C=CC(C3)C2C(=O)N1c1cc([N+](=O)[O-])ccc1Cl. The van der Waals surface area contributed by atoms with Gasteiger partial charge in [-0.3, -0.25) is 19.7 Å². The number of carbonyl (C=O) groups is 2. The first-order valence-electron chi connectivity index (χ1n) is 6.99. The fourth-order valence-electron chi connectivity index (χ4n) is 3.93. The van der Waals surface area contributed by atoms with Crippen LogP contribution in [-0.4, -0.2) is 16.7 Å². The third kappa shape index (κ3) is 1.61. The maximum absolute atomic E-state index is 12.7. The summed E-state index contributed by atoms with van der Waals surface area (Å²) in [5.41, 5.74) is -0.0853. The zero-order valence-electron chi connectivity index (χ0n) is 11.3. The molecule has 4 atom stereocenters. The Hall–Kier alpha value is -2.21. The number of halogens is 1. The Morgan fingerprint density at radius 3 is 2.27 bits per heavy atom. The predicted molar refractivity (Wildman–Crippen MR) is 78.3 cm³/mol. The summed E-state index contributed by atoms with van der Waals surface area (Å²) in [5, 5.41) is 11.1. The van der Waals surface area contributed by atoms with Crippen molar-refractivity contribution in [1.82, 2.24) is 0 Å². The van der Waals surface area contributed by atoms with Gasteiger partial charge in [-0.05, 0) is 24.3 Å². The van der Waals surface area contributed by atoms with Crippen molar-refractivity contribution in [1.29, 1.82) is 0 Å². The molecule has 1 saturated carbocycles. The van der Waals surface area contributed by atoms with Crippen molar-refractivity contribution < 1.29 is 14.5 Å². The summed E-state index contributed by atoms with van der Waals surface area (Å²) in [6.45, 7) is 0. The summed E-state index contributed by atoms with van der Waals surface area (Å²) in [6.07, 6.45) is 4.83. The number of imide groups is 1. The lowest BCUT2D eigenvalue weighted by Gasteiger charge is -2.18. The van der Waals surface area contributed by atoms with Gasteiger partial charge in [0.1, 0.15) is 0 Å². The minimum absolute atomic E-state index is 0.0916. The number of fused-ring (bicyclic) bond motifs is 5. The molecule has 6 nitrogen and oxygen atoms in total. The number of amides is 2. The van der Waals surface area contributed by atoms with E-state index in [9.17, 15) is 19.7 Å². The Bertz CT molecular complexity index is 730. The van der Waals surface area contributed by atoms with E-state index in [0.29, 0.717) is 0 Å². The minimum Gasteiger partial charge on any atom is -0.274 e. The molecule has 112 valence electrons. The standard InChI is InChI=1S/C15H11ClN2O4/c16-10-4-3-9(18(21)22)6-11(10)17-14(19)12-7-1-2-8(5-7)13(12)15(17)20/h1-4,6-8,12-13H,5H2. The molecular weight excluding hydrogens is 308 g/mol. The van der Waals surface area contributed by atoms with E-state index in [0.717, 1.165) is 11.3 Å². The first-order chi connectivity index (χ1) is 10.5. The van der Waals surface area contributed by atoms with Gasteiger partial charge in [-0.15, -0.1) is 0 Å². The third-order valence-corrected chi connectivity index (χ3v) is 5.17. The normalized spacial score (nSPS) is 32.0. The minimum atomic E-state index is -0.572. The van der Waals surface area contributed by atoms with Crippen LogP contribution in [-0.2, 0) is 9.59 Å². The van der Waals surface area contributed by atoms with E-state index in [1.54, 1.807) is 0 Å². The first kappa shape index (κ1) is 13.5. The lowest BCUT2D eigenvalue weighted by molar-refractivity contribution is -0.384. The van der Waals surface area contributed by atoms with Crippen LogP contribution in [0.3, 0.4) is 0 Å². The van der Waals surface area contributed by atoms with Crippen molar-refractivity contribution >= 4 is 34.8 Å². The van der Waals surface area contributed by atoms with Crippen molar-refractivity contribution in [3.63, 3.8) is 0 Å². The highest BCUT2D eigenvalue weighted by Crippen LogP contribution is 2.53. The van der Waals surface area contributed by atoms with Gasteiger partial charge in [0.05, 0.1) is 27.5 Å². The Morgan fingerprint density at radius 1 is 1.14 bits per heavy atom. The number of allylic oxidation sites excluding steroid dienone is 2. The second-order valence-corrected chi connectivity index (χ2v) is 6.31. The summed E-state index contributed by atoms with van der Waals surface area (Å²) in [5.74, 6) is -1.11. The molecule has 0 radical (unpaired) electrons. The molecular formula is C15H11ClN2O4. The molecule has 7 heteroatoms. The second-order valence-electron chi connectivity index (χ2n) is 5.90. The van der Waals surface area contributed by atoms with Gasteiger partial charge in [0.25, 0.3) is 5.69 Å². The highest BCUT2D eigenvalue weighted by Gasteiger charge is 2.59. The van der Waals surface area contributed by atoms with Crippen LogP contribution in [0.25, 0.3) is 0 Å². The van der Waals surface area contributed by atoms with Gasteiger partial charge in [-0.2, -0.15) is 0 Å². The van der Waals surface area contributed by atoms with Crippen molar-refractivity contribution in [3.05, 3.63) is 45.5 Å². The molecule has 1 heterocycles. The molecule has 1 aliphatic heterocycles. The van der Waals surface area contributed by atoms with Gasteiger partial charge in [-0.1, -0.05) is 23.8 Å². The summed E-state index contributed by atoms with van der Waals surface area (Å²) in [6, 6.07) is 3.79. The average molecular weight is 319 g/mol. The lowest BCUT2D eigenvalue weighted by Crippen LogP contribution is -2.33. The second kappa shape index (κ2) is 4.39. The van der Waals surface area contributed by atoms with Crippen LogP contribution in [0, 0.1) is 33.8 Å². The van der Waals surface area contributed by atoms with Crippen LogP contribution < -0.4 is 4.90 Å². The van der Waals surface area contributed by atoms with Gasteiger partial charge >= 0.3 is 0 Å². The fourth-order valence-corrected chi connectivity index (χ4v) is 4.13. The number of rotatable bonds is 2. The molecule has 22 heavy (non-hydrogen) atoms. The molecule has 2 aliphatic carbocycles. The number of nitro benzene ring substituents is 1. The molecule has 0 aromatic heterocycles. The number of benzene rings is 1.